The van der Waals surface area contributed by atoms with Gasteiger partial charge in [-0.1, -0.05) is 12.8 Å². The fourth-order valence-corrected chi connectivity index (χ4v) is 4.36. The Balaban J connectivity index is 1.32. The van der Waals surface area contributed by atoms with Crippen LogP contribution in [0.25, 0.3) is 11.3 Å². The third kappa shape index (κ3) is 4.48. The number of aliphatic hydroxyl groups is 1. The number of piperazine rings is 1. The molecule has 7 nitrogen and oxygen atoms in total. The Morgan fingerprint density at radius 2 is 1.71 bits per heavy atom. The zero-order valence-electron chi connectivity index (χ0n) is 16.3. The van der Waals surface area contributed by atoms with Gasteiger partial charge in [-0.3, -0.25) is 19.6 Å². The highest BCUT2D eigenvalue weighted by atomic mass is 16.3. The highest BCUT2D eigenvalue weighted by Crippen LogP contribution is 2.24. The molecule has 1 saturated heterocycles. The molecule has 1 aliphatic carbocycles. The average Bonchev–Trinajstić information content (AvgIpc) is 2.75. The SMILES string of the molecule is O=c1ccc(-c2ccncc2)nn1CCN1CCN(C2CCCCC2O)CC1. The summed E-state index contributed by atoms with van der Waals surface area (Å²) in [6.45, 7) is 5.32. The molecule has 4 rings (SSSR count). The Kier molecular flexibility index (Phi) is 6.14. The molecule has 0 aromatic carbocycles. The number of pyridine rings is 1. The normalized spacial score (nSPS) is 24.3. The van der Waals surface area contributed by atoms with Crippen molar-refractivity contribution in [2.75, 3.05) is 32.7 Å². The van der Waals surface area contributed by atoms with Crippen LogP contribution in [0, 0.1) is 0 Å². The molecule has 1 N–H and O–H groups in total. The van der Waals surface area contributed by atoms with Crippen molar-refractivity contribution in [2.45, 2.75) is 44.4 Å². The van der Waals surface area contributed by atoms with Crippen LogP contribution in [0.3, 0.4) is 0 Å². The van der Waals surface area contributed by atoms with Gasteiger partial charge in [-0.2, -0.15) is 5.10 Å². The van der Waals surface area contributed by atoms with Gasteiger partial charge in [0.05, 0.1) is 18.3 Å². The first-order valence-electron chi connectivity index (χ1n) is 10.3. The maximum absolute atomic E-state index is 12.2. The molecule has 1 aliphatic heterocycles. The lowest BCUT2D eigenvalue weighted by Gasteiger charge is -2.42. The van der Waals surface area contributed by atoms with E-state index in [1.807, 2.05) is 12.1 Å². The van der Waals surface area contributed by atoms with Gasteiger partial charge < -0.3 is 5.11 Å². The van der Waals surface area contributed by atoms with Crippen molar-refractivity contribution in [3.05, 3.63) is 47.0 Å². The summed E-state index contributed by atoms with van der Waals surface area (Å²) in [4.78, 5) is 21.1. The lowest BCUT2D eigenvalue weighted by molar-refractivity contribution is -0.00404. The molecule has 0 amide bonds. The molecule has 1 saturated carbocycles. The Bertz CT molecular complexity index is 817. The van der Waals surface area contributed by atoms with Crippen LogP contribution >= 0.6 is 0 Å². The van der Waals surface area contributed by atoms with Crippen molar-refractivity contribution < 1.29 is 5.11 Å². The summed E-state index contributed by atoms with van der Waals surface area (Å²) < 4.78 is 1.56. The van der Waals surface area contributed by atoms with Crippen molar-refractivity contribution in [3.63, 3.8) is 0 Å². The van der Waals surface area contributed by atoms with Crippen LogP contribution in [0.5, 0.6) is 0 Å². The highest BCUT2D eigenvalue weighted by molar-refractivity contribution is 5.56. The largest absolute Gasteiger partial charge is 0.391 e. The van der Waals surface area contributed by atoms with E-state index in [1.54, 1.807) is 29.2 Å². The van der Waals surface area contributed by atoms with Gasteiger partial charge in [0.25, 0.3) is 5.56 Å². The molecule has 2 atom stereocenters. The number of aliphatic hydroxyl groups excluding tert-OH is 1. The van der Waals surface area contributed by atoms with Crippen LogP contribution in [0.2, 0.25) is 0 Å². The summed E-state index contributed by atoms with van der Waals surface area (Å²) in [6.07, 6.45) is 7.72. The van der Waals surface area contributed by atoms with Crippen molar-refractivity contribution in [3.8, 4) is 11.3 Å². The van der Waals surface area contributed by atoms with E-state index in [0.717, 1.165) is 63.2 Å². The van der Waals surface area contributed by atoms with E-state index in [4.69, 9.17) is 0 Å². The van der Waals surface area contributed by atoms with E-state index in [1.165, 1.54) is 6.42 Å². The summed E-state index contributed by atoms with van der Waals surface area (Å²) >= 11 is 0. The van der Waals surface area contributed by atoms with Crippen LogP contribution in [-0.2, 0) is 6.54 Å². The van der Waals surface area contributed by atoms with Gasteiger partial charge in [-0.05, 0) is 31.0 Å². The zero-order chi connectivity index (χ0) is 19.3. The number of nitrogens with zero attached hydrogens (tertiary/aromatic N) is 5. The summed E-state index contributed by atoms with van der Waals surface area (Å²) in [5.74, 6) is 0. The van der Waals surface area contributed by atoms with E-state index < -0.39 is 0 Å². The summed E-state index contributed by atoms with van der Waals surface area (Å²) in [5, 5.41) is 14.8. The Hall–Kier alpha value is -2.09. The first kappa shape index (κ1) is 19.2. The smallest absolute Gasteiger partial charge is 0.266 e. The monoisotopic (exact) mass is 383 g/mol. The van der Waals surface area contributed by atoms with Gasteiger partial charge in [-0.25, -0.2) is 4.68 Å². The number of rotatable bonds is 5. The fourth-order valence-electron chi connectivity index (χ4n) is 4.36. The van der Waals surface area contributed by atoms with Gasteiger partial charge >= 0.3 is 0 Å². The van der Waals surface area contributed by atoms with Crippen molar-refractivity contribution >= 4 is 0 Å². The molecule has 2 aliphatic rings. The maximum Gasteiger partial charge on any atom is 0.266 e. The minimum atomic E-state index is -0.168. The lowest BCUT2D eigenvalue weighted by atomic mass is 9.91. The average molecular weight is 383 g/mol. The second-order valence-electron chi connectivity index (χ2n) is 7.81. The first-order chi connectivity index (χ1) is 13.7. The number of aromatic nitrogens is 3. The molecule has 150 valence electrons. The minimum absolute atomic E-state index is 0.0678. The molecule has 0 bridgehead atoms. The van der Waals surface area contributed by atoms with Gasteiger partial charge in [0.1, 0.15) is 0 Å². The fraction of sp³-hybridized carbons (Fsp3) is 0.571. The standard InChI is InChI=1S/C21H29N5O2/c27-20-4-2-1-3-19(20)25-14-11-24(12-15-25)13-16-26-21(28)6-5-18(23-26)17-7-9-22-10-8-17/h5-10,19-20,27H,1-4,11-16H2. The minimum Gasteiger partial charge on any atom is -0.391 e. The molecule has 2 unspecified atom stereocenters. The predicted octanol–water partition coefficient (Wildman–Crippen LogP) is 1.23. The van der Waals surface area contributed by atoms with Gasteiger partial charge in [-0.15, -0.1) is 0 Å². The Labute approximate surface area is 165 Å². The molecule has 0 radical (unpaired) electrons. The van der Waals surface area contributed by atoms with Crippen LogP contribution < -0.4 is 5.56 Å². The molecule has 2 aromatic rings. The van der Waals surface area contributed by atoms with E-state index in [2.05, 4.69) is 19.9 Å². The Morgan fingerprint density at radius 1 is 0.964 bits per heavy atom. The molecule has 28 heavy (non-hydrogen) atoms. The van der Waals surface area contributed by atoms with Crippen LogP contribution in [-0.4, -0.2) is 74.5 Å². The van der Waals surface area contributed by atoms with Crippen molar-refractivity contribution in [1.29, 1.82) is 0 Å². The van der Waals surface area contributed by atoms with Gasteiger partial charge in [0, 0.05) is 62.8 Å². The molecule has 0 spiro atoms. The van der Waals surface area contributed by atoms with E-state index in [9.17, 15) is 9.90 Å². The lowest BCUT2D eigenvalue weighted by Crippen LogP contribution is -2.54. The summed E-state index contributed by atoms with van der Waals surface area (Å²) in [5.41, 5.74) is 1.68. The highest BCUT2D eigenvalue weighted by Gasteiger charge is 2.30. The van der Waals surface area contributed by atoms with E-state index in [0.29, 0.717) is 12.6 Å². The van der Waals surface area contributed by atoms with Crippen LogP contribution in [0.1, 0.15) is 25.7 Å². The quantitative estimate of drug-likeness (QED) is 0.837. The molecule has 3 heterocycles. The number of hydrogen-bond donors (Lipinski definition) is 1. The molecule has 2 aromatic heterocycles. The molecular weight excluding hydrogens is 354 g/mol. The first-order valence-corrected chi connectivity index (χ1v) is 10.3. The van der Waals surface area contributed by atoms with Crippen LogP contribution in [0.4, 0.5) is 0 Å². The molecule has 7 heteroatoms. The van der Waals surface area contributed by atoms with Crippen LogP contribution in [0.15, 0.2) is 41.5 Å². The maximum atomic E-state index is 12.2. The third-order valence-corrected chi connectivity index (χ3v) is 6.04. The summed E-state index contributed by atoms with van der Waals surface area (Å²) in [6, 6.07) is 7.48. The van der Waals surface area contributed by atoms with Crippen molar-refractivity contribution in [2.24, 2.45) is 0 Å². The Morgan fingerprint density at radius 3 is 2.46 bits per heavy atom. The second kappa shape index (κ2) is 8.94. The third-order valence-electron chi connectivity index (χ3n) is 6.04. The van der Waals surface area contributed by atoms with E-state index >= 15 is 0 Å². The van der Waals surface area contributed by atoms with Gasteiger partial charge in [0.2, 0.25) is 0 Å². The molecular formula is C21H29N5O2. The van der Waals surface area contributed by atoms with Gasteiger partial charge in [0.15, 0.2) is 0 Å². The number of hydrogen-bond acceptors (Lipinski definition) is 6. The topological polar surface area (TPSA) is 74.5 Å². The van der Waals surface area contributed by atoms with Crippen molar-refractivity contribution in [1.82, 2.24) is 24.6 Å². The van der Waals surface area contributed by atoms with E-state index in [-0.39, 0.29) is 11.7 Å². The zero-order valence-corrected chi connectivity index (χ0v) is 16.3. The summed E-state index contributed by atoms with van der Waals surface area (Å²) in [7, 11) is 0. The molecule has 2 fully saturated rings. The predicted molar refractivity (Wildman–Crippen MR) is 108 cm³/mol. The second-order valence-corrected chi connectivity index (χ2v) is 7.81.